The van der Waals surface area contributed by atoms with Crippen molar-refractivity contribution in [3.8, 4) is 0 Å². The van der Waals surface area contributed by atoms with E-state index >= 15 is 0 Å². The minimum Gasteiger partial charge on any atom is -0.323 e. The number of nitrogens with zero attached hydrogens (tertiary/aromatic N) is 3. The molecule has 0 atom stereocenters. The van der Waals surface area contributed by atoms with Gasteiger partial charge in [-0.25, -0.2) is 18.1 Å². The smallest absolute Gasteiger partial charge is 0.323 e. The Hall–Kier alpha value is -1.97. The van der Waals surface area contributed by atoms with E-state index in [1.807, 2.05) is 24.8 Å². The number of carbonyl (C=O) groups is 2. The number of rotatable bonds is 4. The van der Waals surface area contributed by atoms with Crippen molar-refractivity contribution in [2.24, 2.45) is 11.3 Å². The molecule has 0 radical (unpaired) electrons. The maximum Gasteiger partial charge on any atom is 0.326 e. The van der Waals surface area contributed by atoms with Gasteiger partial charge in [0.05, 0.1) is 11.6 Å². The Bertz CT molecular complexity index is 1060. The predicted molar refractivity (Wildman–Crippen MR) is 131 cm³/mol. The molecule has 4 rings (SSSR count). The summed E-state index contributed by atoms with van der Waals surface area (Å²) in [7, 11) is -3.57. The summed E-state index contributed by atoms with van der Waals surface area (Å²) < 4.78 is 27.7. The van der Waals surface area contributed by atoms with Crippen LogP contribution in [-0.2, 0) is 14.8 Å². The van der Waals surface area contributed by atoms with Crippen LogP contribution in [0.5, 0.6) is 0 Å². The third kappa shape index (κ3) is 4.62. The lowest BCUT2D eigenvalue weighted by atomic mass is 9.67. The number of amides is 3. The molecule has 1 saturated carbocycles. The van der Waals surface area contributed by atoms with Gasteiger partial charge in [0.15, 0.2) is 0 Å². The summed E-state index contributed by atoms with van der Waals surface area (Å²) in [5.41, 5.74) is 1.43. The molecule has 1 aromatic rings. The highest BCUT2D eigenvalue weighted by molar-refractivity contribution is 7.89. The van der Waals surface area contributed by atoms with Crippen LogP contribution in [0.4, 0.5) is 4.79 Å². The van der Waals surface area contributed by atoms with Crippen LogP contribution < -0.4 is 5.32 Å². The monoisotopic (exact) mass is 490 g/mol. The lowest BCUT2D eigenvalue weighted by Crippen LogP contribution is -2.53. The number of imide groups is 1. The summed E-state index contributed by atoms with van der Waals surface area (Å²) in [6.45, 7) is 12.4. The lowest BCUT2D eigenvalue weighted by Gasteiger charge is -2.40. The molecule has 1 spiro atoms. The number of aryl methyl sites for hydroxylation is 2. The van der Waals surface area contributed by atoms with Crippen LogP contribution in [0, 0.1) is 25.2 Å². The first-order valence-electron chi connectivity index (χ1n) is 12.3. The predicted octanol–water partition coefficient (Wildman–Crippen LogP) is 3.09. The van der Waals surface area contributed by atoms with Crippen LogP contribution in [0.1, 0.15) is 57.6 Å². The van der Waals surface area contributed by atoms with Gasteiger partial charge >= 0.3 is 6.03 Å². The first-order valence-corrected chi connectivity index (χ1v) is 13.7. The van der Waals surface area contributed by atoms with E-state index in [0.717, 1.165) is 24.0 Å². The second-order valence-corrected chi connectivity index (χ2v) is 13.2. The Morgan fingerprint density at radius 1 is 1.00 bits per heavy atom. The summed E-state index contributed by atoms with van der Waals surface area (Å²) in [6, 6.07) is 4.88. The van der Waals surface area contributed by atoms with Gasteiger partial charge in [0.25, 0.3) is 5.91 Å². The largest absolute Gasteiger partial charge is 0.326 e. The van der Waals surface area contributed by atoms with Crippen LogP contribution in [-0.4, -0.2) is 72.8 Å². The number of urea groups is 1. The molecule has 2 saturated heterocycles. The summed E-state index contributed by atoms with van der Waals surface area (Å²) in [5.74, 6) is 0.416. The molecule has 2 heterocycles. The fourth-order valence-electron chi connectivity index (χ4n) is 5.45. The van der Waals surface area contributed by atoms with Gasteiger partial charge in [-0.1, -0.05) is 26.8 Å². The maximum atomic E-state index is 13.3. The third-order valence-corrected chi connectivity index (χ3v) is 9.99. The third-order valence-electron chi connectivity index (χ3n) is 8.10. The number of nitrogens with one attached hydrogen (secondary N) is 1. The number of benzene rings is 1. The molecule has 3 aliphatic rings. The number of sulfonamides is 1. The van der Waals surface area contributed by atoms with Gasteiger partial charge < -0.3 is 5.32 Å². The van der Waals surface area contributed by atoms with Crippen LogP contribution in [0.15, 0.2) is 23.1 Å². The topological polar surface area (TPSA) is 90.0 Å². The zero-order chi connectivity index (χ0) is 24.9. The number of carbonyl (C=O) groups excluding carboxylic acids is 2. The molecule has 9 heteroatoms. The van der Waals surface area contributed by atoms with Crippen LogP contribution >= 0.6 is 0 Å². The molecule has 8 nitrogen and oxygen atoms in total. The highest BCUT2D eigenvalue weighted by Crippen LogP contribution is 2.43. The molecule has 2 aliphatic heterocycles. The summed E-state index contributed by atoms with van der Waals surface area (Å²) >= 11 is 0. The molecule has 0 aromatic heterocycles. The van der Waals surface area contributed by atoms with Crippen LogP contribution in [0.25, 0.3) is 0 Å². The van der Waals surface area contributed by atoms with Gasteiger partial charge in [-0.15, -0.1) is 0 Å². The normalized spacial score (nSPS) is 27.4. The Morgan fingerprint density at radius 3 is 2.18 bits per heavy atom. The molecular weight excluding hydrogens is 452 g/mol. The molecular formula is C25H38N4O4S. The minimum atomic E-state index is -3.57. The fourth-order valence-corrected chi connectivity index (χ4v) is 6.96. The van der Waals surface area contributed by atoms with E-state index in [0.29, 0.717) is 49.8 Å². The number of hydrogen-bond donors (Lipinski definition) is 1. The van der Waals surface area contributed by atoms with Gasteiger partial charge in [0.1, 0.15) is 5.54 Å². The minimum absolute atomic E-state index is 0.130. The zero-order valence-corrected chi connectivity index (χ0v) is 21.9. The van der Waals surface area contributed by atoms with Gasteiger partial charge in [0, 0.05) is 26.2 Å². The van der Waals surface area contributed by atoms with E-state index in [4.69, 9.17) is 0 Å². The van der Waals surface area contributed by atoms with E-state index < -0.39 is 15.6 Å². The average molecular weight is 491 g/mol. The van der Waals surface area contributed by atoms with E-state index in [2.05, 4.69) is 26.1 Å². The van der Waals surface area contributed by atoms with Gasteiger partial charge in [-0.2, -0.15) is 4.31 Å². The molecule has 1 N–H and O–H groups in total. The van der Waals surface area contributed by atoms with Crippen molar-refractivity contribution < 1.29 is 18.0 Å². The second kappa shape index (κ2) is 8.91. The SMILES string of the molecule is Cc1ccc(S(=O)(=O)N2CCN(CN3C(=O)NC4(CCC(C(C)(C)C)CC4)C3=O)CC2)cc1C. The van der Waals surface area contributed by atoms with Crippen molar-refractivity contribution in [1.29, 1.82) is 0 Å². The quantitative estimate of drug-likeness (QED) is 0.655. The first-order chi connectivity index (χ1) is 15.8. The van der Waals surface area contributed by atoms with Crippen molar-refractivity contribution in [1.82, 2.24) is 19.4 Å². The fraction of sp³-hybridized carbons (Fsp3) is 0.680. The average Bonchev–Trinajstić information content (AvgIpc) is 2.99. The first kappa shape index (κ1) is 25.1. The summed E-state index contributed by atoms with van der Waals surface area (Å²) in [4.78, 5) is 29.7. The van der Waals surface area contributed by atoms with Gasteiger partial charge in [-0.3, -0.25) is 9.69 Å². The molecule has 3 amide bonds. The summed E-state index contributed by atoms with van der Waals surface area (Å²) in [6.07, 6.45) is 3.22. The van der Waals surface area contributed by atoms with E-state index in [1.165, 1.54) is 9.21 Å². The molecule has 1 aliphatic carbocycles. The van der Waals surface area contributed by atoms with Crippen LogP contribution in [0.2, 0.25) is 0 Å². The Morgan fingerprint density at radius 2 is 1.62 bits per heavy atom. The number of hydrogen-bond acceptors (Lipinski definition) is 5. The Labute approximate surface area is 203 Å². The van der Waals surface area contributed by atoms with Crippen molar-refractivity contribution in [3.63, 3.8) is 0 Å². The highest BCUT2D eigenvalue weighted by Gasteiger charge is 2.53. The molecule has 188 valence electrons. The summed E-state index contributed by atoms with van der Waals surface area (Å²) in [5, 5.41) is 3.00. The van der Waals surface area contributed by atoms with Crippen molar-refractivity contribution in [2.45, 2.75) is 70.7 Å². The molecule has 0 unspecified atom stereocenters. The zero-order valence-electron chi connectivity index (χ0n) is 21.1. The van der Waals surface area contributed by atoms with Gasteiger partial charge in [0.2, 0.25) is 10.0 Å². The van der Waals surface area contributed by atoms with E-state index in [9.17, 15) is 18.0 Å². The molecule has 3 fully saturated rings. The van der Waals surface area contributed by atoms with Crippen molar-refractivity contribution in [3.05, 3.63) is 29.3 Å². The Balaban J connectivity index is 1.36. The number of piperazine rings is 1. The molecule has 1 aromatic carbocycles. The van der Waals surface area contributed by atoms with Gasteiger partial charge in [-0.05, 0) is 74.1 Å². The standard InChI is InChI=1S/C25H38N4O4S/c1-18-6-7-21(16-19(18)2)34(32,33)28-14-12-27(13-15-28)17-29-22(30)25(26-23(29)31)10-8-20(9-11-25)24(3,4)5/h6-7,16,20H,8-15,17H2,1-5H3,(H,26,31). The maximum absolute atomic E-state index is 13.3. The van der Waals surface area contributed by atoms with Crippen molar-refractivity contribution in [2.75, 3.05) is 32.8 Å². The lowest BCUT2D eigenvalue weighted by molar-refractivity contribution is -0.134. The van der Waals surface area contributed by atoms with E-state index in [-0.39, 0.29) is 24.0 Å². The van der Waals surface area contributed by atoms with E-state index in [1.54, 1.807) is 12.1 Å². The van der Waals surface area contributed by atoms with Crippen molar-refractivity contribution >= 4 is 22.0 Å². The highest BCUT2D eigenvalue weighted by atomic mass is 32.2. The Kier molecular flexibility index (Phi) is 6.59. The van der Waals surface area contributed by atoms with Crippen LogP contribution in [0.3, 0.4) is 0 Å². The molecule has 34 heavy (non-hydrogen) atoms. The molecule has 0 bridgehead atoms. The second-order valence-electron chi connectivity index (χ2n) is 11.3.